The maximum atomic E-state index is 8.91. The van der Waals surface area contributed by atoms with E-state index >= 15 is 0 Å². The standard InChI is InChI=1S/C8H20NO8.H3O4Si/c10-1-5-14-9(15-6-2-11,16-7-3-12)17-8-4-13;1-5(2,3)4/h10-13H,1-8H2;1-3H/q+1;-1. The van der Waals surface area contributed by atoms with Gasteiger partial charge < -0.3 is 39.6 Å². The molecule has 0 spiro atoms. The third kappa shape index (κ3) is 17.7. The van der Waals surface area contributed by atoms with Gasteiger partial charge in [-0.05, 0) is 0 Å². The fourth-order valence-electron chi connectivity index (χ4n) is 0.834. The van der Waals surface area contributed by atoms with Gasteiger partial charge >= 0.3 is 9.05 Å². The predicted molar refractivity (Wildman–Crippen MR) is 64.8 cm³/mol. The summed E-state index contributed by atoms with van der Waals surface area (Å²) in [5.41, 5.74) is 0. The summed E-state index contributed by atoms with van der Waals surface area (Å²) >= 11 is 0. The van der Waals surface area contributed by atoms with Crippen LogP contribution in [0.25, 0.3) is 0 Å². The number of rotatable bonds is 12. The lowest BCUT2D eigenvalue weighted by atomic mass is 10.8. The molecule has 0 saturated carbocycles. The lowest BCUT2D eigenvalue weighted by Gasteiger charge is -2.24. The van der Waals surface area contributed by atoms with E-state index in [4.69, 9.17) is 59.0 Å². The molecule has 0 radical (unpaired) electrons. The molecule has 0 aliphatic rings. The zero-order valence-corrected chi connectivity index (χ0v) is 12.8. The quantitative estimate of drug-likeness (QED) is 0.0996. The second-order valence-corrected chi connectivity index (χ2v) is 4.40. The molecule has 0 heterocycles. The van der Waals surface area contributed by atoms with E-state index in [9.17, 15) is 0 Å². The summed E-state index contributed by atoms with van der Waals surface area (Å²) < 4.78 is 0. The van der Waals surface area contributed by atoms with Gasteiger partial charge in [0.15, 0.2) is 0 Å². The molecule has 0 saturated heterocycles. The molecule has 14 heteroatoms. The van der Waals surface area contributed by atoms with Crippen molar-refractivity contribution in [2.45, 2.75) is 0 Å². The Bertz CT molecular complexity index is 196. The zero-order chi connectivity index (χ0) is 17.5. The molecule has 0 aromatic carbocycles. The lowest BCUT2D eigenvalue weighted by molar-refractivity contribution is -1.47. The molecule has 0 unspecified atom stereocenters. The third-order valence-corrected chi connectivity index (χ3v) is 1.36. The first-order valence-corrected chi connectivity index (χ1v) is 7.77. The molecule has 0 fully saturated rings. The van der Waals surface area contributed by atoms with Crippen LogP contribution < -0.4 is 4.80 Å². The fourth-order valence-corrected chi connectivity index (χ4v) is 0.834. The van der Waals surface area contributed by atoms with E-state index < -0.39 is 14.2 Å². The van der Waals surface area contributed by atoms with E-state index in [2.05, 4.69) is 0 Å². The van der Waals surface area contributed by atoms with Gasteiger partial charge in [-0.3, -0.25) is 0 Å². The number of hydrogen-bond donors (Lipinski definition) is 7. The van der Waals surface area contributed by atoms with Crippen molar-refractivity contribution in [3.8, 4) is 0 Å². The van der Waals surface area contributed by atoms with Gasteiger partial charge in [0.2, 0.25) is 5.14 Å². The Morgan fingerprint density at radius 2 is 0.818 bits per heavy atom. The van der Waals surface area contributed by atoms with E-state index in [0.717, 1.165) is 0 Å². The molecule has 0 amide bonds. The summed E-state index contributed by atoms with van der Waals surface area (Å²) in [5.74, 6) is 0. The van der Waals surface area contributed by atoms with Crippen LogP contribution >= 0.6 is 0 Å². The first-order valence-electron chi connectivity index (χ1n) is 6.02. The average Bonchev–Trinajstić information content (AvgIpc) is 2.44. The van der Waals surface area contributed by atoms with Crippen molar-refractivity contribution in [2.75, 3.05) is 52.9 Å². The Labute approximate surface area is 127 Å². The molecule has 0 rings (SSSR count). The minimum Gasteiger partial charge on any atom is -0.794 e. The lowest BCUT2D eigenvalue weighted by Crippen LogP contribution is -2.50. The molecule has 22 heavy (non-hydrogen) atoms. The third-order valence-electron chi connectivity index (χ3n) is 1.36. The van der Waals surface area contributed by atoms with E-state index in [1.807, 2.05) is 0 Å². The number of nitrogens with zero attached hydrogens (tertiary/aromatic N) is 1. The van der Waals surface area contributed by atoms with Crippen LogP contribution in [0.2, 0.25) is 0 Å². The maximum absolute atomic E-state index is 8.91. The Hall–Kier alpha value is -0.303. The highest BCUT2D eigenvalue weighted by atomic mass is 28.4. The molecule has 13 nitrogen and oxygen atoms in total. The van der Waals surface area contributed by atoms with Gasteiger partial charge in [-0.1, -0.05) is 19.4 Å². The van der Waals surface area contributed by atoms with Crippen LogP contribution in [0.15, 0.2) is 0 Å². The van der Waals surface area contributed by atoms with Crippen molar-refractivity contribution >= 4 is 9.05 Å². The molecular weight excluding hydrogens is 330 g/mol. The summed E-state index contributed by atoms with van der Waals surface area (Å²) in [6.45, 7) is -1.79. The molecule has 0 aromatic heterocycles. The SMILES string of the molecule is OCCO[N+](OCCO)(OCCO)OCCO.[O-][Si](O)(O)O. The highest BCUT2D eigenvalue weighted by Crippen LogP contribution is 2.12. The van der Waals surface area contributed by atoms with E-state index in [0.29, 0.717) is 0 Å². The summed E-state index contributed by atoms with van der Waals surface area (Å²) in [6.07, 6.45) is 0. The average molecular weight is 353 g/mol. The van der Waals surface area contributed by atoms with Gasteiger partial charge in [-0.15, -0.1) is 0 Å². The molecule has 0 aromatic rings. The first kappa shape index (κ1) is 24.0. The highest BCUT2D eigenvalue weighted by molar-refractivity contribution is 6.44. The van der Waals surface area contributed by atoms with Crippen molar-refractivity contribution in [3.63, 3.8) is 0 Å². The molecule has 0 bridgehead atoms. The van der Waals surface area contributed by atoms with Crippen molar-refractivity contribution in [1.82, 2.24) is 0 Å². The van der Waals surface area contributed by atoms with Crippen LogP contribution in [-0.2, 0) is 19.4 Å². The van der Waals surface area contributed by atoms with Crippen LogP contribution in [0.5, 0.6) is 0 Å². The largest absolute Gasteiger partial charge is 0.794 e. The van der Waals surface area contributed by atoms with Crippen molar-refractivity contribution in [2.24, 2.45) is 0 Å². The van der Waals surface area contributed by atoms with Crippen LogP contribution in [0.4, 0.5) is 0 Å². The van der Waals surface area contributed by atoms with Crippen molar-refractivity contribution < 1.29 is 64.1 Å². The Balaban J connectivity index is 0. The predicted octanol–water partition coefficient (Wildman–Crippen LogP) is -5.74. The van der Waals surface area contributed by atoms with Crippen LogP contribution in [-0.4, -0.2) is 102 Å². The molecule has 136 valence electrons. The smallest absolute Gasteiger partial charge is 0.404 e. The van der Waals surface area contributed by atoms with Crippen molar-refractivity contribution in [3.05, 3.63) is 0 Å². The summed E-state index contributed by atoms with van der Waals surface area (Å²) in [7, 11) is -4.86. The molecule has 0 atom stereocenters. The van der Waals surface area contributed by atoms with Crippen LogP contribution in [0.1, 0.15) is 0 Å². The number of aliphatic hydroxyl groups is 4. The number of quaternary nitrogens is 1. The minimum absolute atomic E-state index is 0.151. The van der Waals surface area contributed by atoms with Crippen LogP contribution in [0, 0.1) is 0 Å². The molecule has 0 aliphatic carbocycles. The number of aliphatic hydroxyl groups excluding tert-OH is 4. The second-order valence-electron chi connectivity index (χ2n) is 3.25. The van der Waals surface area contributed by atoms with Crippen LogP contribution in [0.3, 0.4) is 0 Å². The molecule has 0 aliphatic heterocycles. The summed E-state index contributed by atoms with van der Waals surface area (Å²) in [5, 5.41) is 33.4. The first-order chi connectivity index (χ1) is 10.2. The zero-order valence-electron chi connectivity index (χ0n) is 11.8. The van der Waals surface area contributed by atoms with E-state index in [1.165, 1.54) is 0 Å². The Kier molecular flexibility index (Phi) is 15.6. The van der Waals surface area contributed by atoms with Crippen molar-refractivity contribution in [1.29, 1.82) is 0 Å². The van der Waals surface area contributed by atoms with Gasteiger partial charge in [0.05, 0.1) is 26.4 Å². The second kappa shape index (κ2) is 14.3. The fraction of sp³-hybridized carbons (Fsp3) is 1.00. The monoisotopic (exact) mass is 353 g/mol. The molecular formula is C8H23NO12Si. The minimum atomic E-state index is -4.86. The molecule has 7 N–H and O–H groups in total. The van der Waals surface area contributed by atoms with Gasteiger partial charge in [-0.25, -0.2) is 0 Å². The highest BCUT2D eigenvalue weighted by Gasteiger charge is 2.38. The van der Waals surface area contributed by atoms with E-state index in [1.54, 1.807) is 0 Å². The van der Waals surface area contributed by atoms with Gasteiger partial charge in [0.25, 0.3) is 0 Å². The Morgan fingerprint density at radius 3 is 0.955 bits per heavy atom. The van der Waals surface area contributed by atoms with Gasteiger partial charge in [0, 0.05) is 0 Å². The topological polar surface area (TPSA) is 202 Å². The Morgan fingerprint density at radius 1 is 0.636 bits per heavy atom. The van der Waals surface area contributed by atoms with Gasteiger partial charge in [0.1, 0.15) is 26.4 Å². The van der Waals surface area contributed by atoms with Gasteiger partial charge in [-0.2, -0.15) is 0 Å². The summed E-state index contributed by atoms with van der Waals surface area (Å²) in [6, 6.07) is 0. The number of hydrogen-bond acceptors (Lipinski definition) is 12. The normalized spacial score (nSPS) is 12.0. The summed E-state index contributed by atoms with van der Waals surface area (Å²) in [4.78, 5) is 50.4. The van der Waals surface area contributed by atoms with E-state index in [-0.39, 0.29) is 52.9 Å². The maximum Gasteiger partial charge on any atom is 0.404 e.